The average Bonchev–Trinajstić information content (AvgIpc) is 3.06. The van der Waals surface area contributed by atoms with Crippen molar-refractivity contribution in [3.05, 3.63) is 53.1 Å². The highest BCUT2D eigenvalue weighted by Crippen LogP contribution is 2.23. The molecule has 0 amide bonds. The molecule has 0 spiro atoms. The van der Waals surface area contributed by atoms with Crippen molar-refractivity contribution in [3.8, 4) is 11.8 Å². The molecule has 156 valence electrons. The van der Waals surface area contributed by atoms with Crippen molar-refractivity contribution in [1.29, 1.82) is 5.26 Å². The van der Waals surface area contributed by atoms with Gasteiger partial charge in [0.05, 0.1) is 18.2 Å². The van der Waals surface area contributed by atoms with Crippen LogP contribution < -0.4 is 10.5 Å². The molecule has 1 aromatic heterocycles. The largest absolute Gasteiger partial charge is 0.573 e. The first-order chi connectivity index (χ1) is 14.1. The number of alkyl halides is 3. The lowest BCUT2D eigenvalue weighted by molar-refractivity contribution is -0.274. The number of nitriles is 1. The second-order valence-electron chi connectivity index (χ2n) is 6.28. The molecule has 0 fully saturated rings. The number of hydrogen-bond donors (Lipinski definition) is 1. The third-order valence-corrected chi connectivity index (χ3v) is 4.05. The highest BCUT2D eigenvalue weighted by molar-refractivity contribution is 6.31. The number of fused-ring (bicyclic) bond motifs is 1. The molecule has 12 heteroatoms. The van der Waals surface area contributed by atoms with Gasteiger partial charge < -0.3 is 15.2 Å². The summed E-state index contributed by atoms with van der Waals surface area (Å²) in [6.07, 6.45) is -4.84. The quantitative estimate of drug-likeness (QED) is 0.587. The van der Waals surface area contributed by atoms with Crippen molar-refractivity contribution >= 4 is 28.6 Å². The van der Waals surface area contributed by atoms with Crippen LogP contribution in [0, 0.1) is 11.3 Å². The zero-order valence-corrected chi connectivity index (χ0v) is 15.8. The van der Waals surface area contributed by atoms with E-state index in [4.69, 9.17) is 22.1 Å². The number of ether oxygens (including phenoxy) is 2. The van der Waals surface area contributed by atoms with Crippen LogP contribution >= 0.6 is 11.6 Å². The molecular formula is C18H13ClF3N5O3. The number of benzene rings is 2. The van der Waals surface area contributed by atoms with Gasteiger partial charge in [0.25, 0.3) is 0 Å². The molecule has 1 unspecified atom stereocenters. The fourth-order valence-electron chi connectivity index (χ4n) is 2.44. The van der Waals surface area contributed by atoms with Crippen LogP contribution in [0.4, 0.5) is 13.2 Å². The standard InChI is InChI=1S/C18H13ClF3N5O3/c19-12-3-6-14-15(7-12)26-27(25-14)9-17(24,8-23)10-29-16(28)11-1-4-13(5-2-11)30-18(20,21)22/h1-7H,9-10,24H2. The zero-order chi connectivity index (χ0) is 21.9. The van der Waals surface area contributed by atoms with E-state index in [2.05, 4.69) is 14.9 Å². The molecule has 8 nitrogen and oxygen atoms in total. The number of carbonyl (C=O) groups excluding carboxylic acids is 1. The second-order valence-corrected chi connectivity index (χ2v) is 6.72. The van der Waals surface area contributed by atoms with Crippen molar-refractivity contribution in [3.63, 3.8) is 0 Å². The van der Waals surface area contributed by atoms with E-state index in [1.807, 2.05) is 6.07 Å². The van der Waals surface area contributed by atoms with Gasteiger partial charge in [0.15, 0.2) is 5.54 Å². The Kier molecular flexibility index (Phi) is 5.82. The van der Waals surface area contributed by atoms with Crippen molar-refractivity contribution in [2.75, 3.05) is 6.61 Å². The first-order valence-electron chi connectivity index (χ1n) is 8.30. The van der Waals surface area contributed by atoms with E-state index in [1.165, 1.54) is 4.80 Å². The van der Waals surface area contributed by atoms with Crippen molar-refractivity contribution in [2.24, 2.45) is 5.73 Å². The predicted molar refractivity (Wildman–Crippen MR) is 98.5 cm³/mol. The first kappa shape index (κ1) is 21.4. The molecule has 0 saturated carbocycles. The maximum absolute atomic E-state index is 12.2. The van der Waals surface area contributed by atoms with E-state index in [-0.39, 0.29) is 12.1 Å². The maximum atomic E-state index is 12.2. The number of carbonyl (C=O) groups is 1. The maximum Gasteiger partial charge on any atom is 0.573 e. The summed E-state index contributed by atoms with van der Waals surface area (Å²) in [4.78, 5) is 13.3. The topological polar surface area (TPSA) is 116 Å². The van der Waals surface area contributed by atoms with E-state index in [9.17, 15) is 23.2 Å². The van der Waals surface area contributed by atoms with E-state index in [0.717, 1.165) is 24.3 Å². The molecule has 2 aromatic carbocycles. The van der Waals surface area contributed by atoms with Gasteiger partial charge in [-0.25, -0.2) is 4.79 Å². The lowest BCUT2D eigenvalue weighted by atomic mass is 10.1. The lowest BCUT2D eigenvalue weighted by Crippen LogP contribution is -2.48. The van der Waals surface area contributed by atoms with E-state index < -0.39 is 30.2 Å². The summed E-state index contributed by atoms with van der Waals surface area (Å²) < 4.78 is 45.3. The lowest BCUT2D eigenvalue weighted by Gasteiger charge is -2.20. The second kappa shape index (κ2) is 8.17. The molecular weight excluding hydrogens is 427 g/mol. The monoisotopic (exact) mass is 439 g/mol. The van der Waals surface area contributed by atoms with Crippen LogP contribution in [0.3, 0.4) is 0 Å². The van der Waals surface area contributed by atoms with E-state index in [0.29, 0.717) is 16.1 Å². The minimum atomic E-state index is -4.84. The van der Waals surface area contributed by atoms with Crippen LogP contribution in [0.5, 0.6) is 5.75 Å². The third-order valence-electron chi connectivity index (χ3n) is 3.81. The molecule has 0 bridgehead atoms. The van der Waals surface area contributed by atoms with Gasteiger partial charge in [0, 0.05) is 5.02 Å². The number of hydrogen-bond acceptors (Lipinski definition) is 7. The Morgan fingerprint density at radius 1 is 1.17 bits per heavy atom. The molecule has 0 aliphatic heterocycles. The summed E-state index contributed by atoms with van der Waals surface area (Å²) in [7, 11) is 0. The fraction of sp³-hybridized carbons (Fsp3) is 0.222. The van der Waals surface area contributed by atoms with Gasteiger partial charge in [-0.1, -0.05) is 11.6 Å². The summed E-state index contributed by atoms with van der Waals surface area (Å²) >= 11 is 5.90. The third kappa shape index (κ3) is 5.37. The van der Waals surface area contributed by atoms with Crippen molar-refractivity contribution < 1.29 is 27.4 Å². The number of aromatic nitrogens is 3. The minimum Gasteiger partial charge on any atom is -0.459 e. The minimum absolute atomic E-state index is 0.0394. The fourth-order valence-corrected chi connectivity index (χ4v) is 2.61. The smallest absolute Gasteiger partial charge is 0.459 e. The number of nitrogens with zero attached hydrogens (tertiary/aromatic N) is 4. The molecule has 0 aliphatic rings. The Labute approximate surface area is 172 Å². The Morgan fingerprint density at radius 3 is 2.47 bits per heavy atom. The van der Waals surface area contributed by atoms with Gasteiger partial charge in [-0.15, -0.1) is 13.2 Å². The predicted octanol–water partition coefficient (Wildman–Crippen LogP) is 3.06. The highest BCUT2D eigenvalue weighted by atomic mass is 35.5. The van der Waals surface area contributed by atoms with Gasteiger partial charge in [-0.05, 0) is 42.5 Å². The van der Waals surface area contributed by atoms with Gasteiger partial charge in [-0.3, -0.25) is 0 Å². The molecule has 2 N–H and O–H groups in total. The van der Waals surface area contributed by atoms with Crippen molar-refractivity contribution in [1.82, 2.24) is 15.0 Å². The van der Waals surface area contributed by atoms with E-state index >= 15 is 0 Å². The molecule has 0 aliphatic carbocycles. The highest BCUT2D eigenvalue weighted by Gasteiger charge is 2.31. The molecule has 1 heterocycles. The molecule has 0 saturated heterocycles. The van der Waals surface area contributed by atoms with Crippen LogP contribution in [-0.4, -0.2) is 39.5 Å². The van der Waals surface area contributed by atoms with Gasteiger partial charge in [0.2, 0.25) is 0 Å². The summed E-state index contributed by atoms with van der Waals surface area (Å²) in [5.74, 6) is -1.36. The average molecular weight is 440 g/mol. The SMILES string of the molecule is N#CC(N)(COC(=O)c1ccc(OC(F)(F)F)cc1)Cn1nc2ccc(Cl)cc2n1. The van der Waals surface area contributed by atoms with Crippen LogP contribution in [0.15, 0.2) is 42.5 Å². The molecule has 3 aromatic rings. The number of rotatable bonds is 6. The van der Waals surface area contributed by atoms with Gasteiger partial charge >= 0.3 is 12.3 Å². The summed E-state index contributed by atoms with van der Waals surface area (Å²) in [6.45, 7) is -0.677. The van der Waals surface area contributed by atoms with E-state index in [1.54, 1.807) is 18.2 Å². The van der Waals surface area contributed by atoms with Crippen molar-refractivity contribution in [2.45, 2.75) is 18.4 Å². The number of esters is 1. The number of halogens is 4. The summed E-state index contributed by atoms with van der Waals surface area (Å²) in [5.41, 5.74) is 5.35. The molecule has 30 heavy (non-hydrogen) atoms. The summed E-state index contributed by atoms with van der Waals surface area (Å²) in [6, 6.07) is 10.9. The van der Waals surface area contributed by atoms with Crippen LogP contribution in [0.2, 0.25) is 5.02 Å². The van der Waals surface area contributed by atoms with Crippen LogP contribution in [-0.2, 0) is 11.3 Å². The Morgan fingerprint density at radius 2 is 1.83 bits per heavy atom. The van der Waals surface area contributed by atoms with Crippen LogP contribution in [0.25, 0.3) is 11.0 Å². The molecule has 0 radical (unpaired) electrons. The Bertz CT molecular complexity index is 1110. The Balaban J connectivity index is 1.64. The molecule has 3 rings (SSSR count). The molecule has 1 atom stereocenters. The van der Waals surface area contributed by atoms with Gasteiger partial charge in [0.1, 0.15) is 23.4 Å². The summed E-state index contributed by atoms with van der Waals surface area (Å²) in [5, 5.41) is 18.2. The normalized spacial score (nSPS) is 13.5. The first-order valence-corrected chi connectivity index (χ1v) is 8.68. The van der Waals surface area contributed by atoms with Gasteiger partial charge in [-0.2, -0.15) is 20.3 Å². The zero-order valence-electron chi connectivity index (χ0n) is 15.1. The Hall–Kier alpha value is -3.36. The van der Waals surface area contributed by atoms with Crippen LogP contribution in [0.1, 0.15) is 10.4 Å². The number of nitrogens with two attached hydrogens (primary N) is 1.